The van der Waals surface area contributed by atoms with Crippen LogP contribution in [0.2, 0.25) is 0 Å². The average molecular weight is 260 g/mol. The van der Waals surface area contributed by atoms with Crippen molar-refractivity contribution in [1.82, 2.24) is 4.57 Å². The van der Waals surface area contributed by atoms with Crippen molar-refractivity contribution in [3.05, 3.63) is 18.2 Å². The Bertz CT molecular complexity index is 363. The summed E-state index contributed by atoms with van der Waals surface area (Å²) in [6.45, 7) is 3.48. The number of halogens is 1. The van der Waals surface area contributed by atoms with Crippen molar-refractivity contribution < 1.29 is 14.1 Å². The number of alkyl halides is 1. The first-order valence-electron chi connectivity index (χ1n) is 5.93. The molecule has 4 nitrogen and oxygen atoms in total. The molecule has 0 bridgehead atoms. The van der Waals surface area contributed by atoms with E-state index in [-0.39, 0.29) is 12.4 Å². The smallest absolute Gasteiger partial charge is 0.307 e. The molecule has 0 aliphatic carbocycles. The number of nitrogens with zero attached hydrogens (tertiary/aromatic N) is 2. The van der Waals surface area contributed by atoms with E-state index in [1.807, 2.05) is 24.1 Å². The summed E-state index contributed by atoms with van der Waals surface area (Å²) in [6, 6.07) is 0. The van der Waals surface area contributed by atoms with Crippen molar-refractivity contribution in [1.29, 1.82) is 0 Å². The predicted octanol–water partition coefficient (Wildman–Crippen LogP) is 1.78. The summed E-state index contributed by atoms with van der Waals surface area (Å²) in [6.07, 6.45) is 6.62. The molecule has 1 aromatic heterocycles. The zero-order chi connectivity index (χ0) is 12.7. The summed E-state index contributed by atoms with van der Waals surface area (Å²) in [5.41, 5.74) is 0.990. The summed E-state index contributed by atoms with van der Waals surface area (Å²) >= 11 is 5.46. The quantitative estimate of drug-likeness (QED) is 0.425. The molecule has 0 fully saturated rings. The Hall–Kier alpha value is -1.03. The number of aromatic nitrogens is 2. The Labute approximate surface area is 107 Å². The van der Waals surface area contributed by atoms with E-state index >= 15 is 0 Å². The zero-order valence-corrected chi connectivity index (χ0v) is 11.2. The van der Waals surface area contributed by atoms with Crippen LogP contribution in [-0.4, -0.2) is 16.4 Å². The summed E-state index contributed by atoms with van der Waals surface area (Å²) in [5.74, 6) is 0.0592. The molecule has 1 rings (SSSR count). The first-order valence-corrected chi connectivity index (χ1v) is 6.46. The number of ether oxygens (including phenoxy) is 1. The number of carbonyl (C=O) groups is 1. The number of hydrogen-bond donors (Lipinski definition) is 0. The number of hydrogen-bond acceptors (Lipinski definition) is 2. The van der Waals surface area contributed by atoms with Crippen LogP contribution in [-0.2, 0) is 29.7 Å². The Morgan fingerprint density at radius 2 is 2.35 bits per heavy atom. The van der Waals surface area contributed by atoms with Gasteiger partial charge >= 0.3 is 5.97 Å². The van der Waals surface area contributed by atoms with E-state index in [1.165, 1.54) is 6.42 Å². The number of rotatable bonds is 7. The zero-order valence-electron chi connectivity index (χ0n) is 10.5. The van der Waals surface area contributed by atoms with E-state index < -0.39 is 0 Å². The second kappa shape index (κ2) is 7.33. The van der Waals surface area contributed by atoms with Gasteiger partial charge in [-0.2, -0.15) is 0 Å². The van der Waals surface area contributed by atoms with Crippen LogP contribution in [0.25, 0.3) is 0 Å². The normalized spacial score (nSPS) is 10.5. The number of aryl methyl sites for hydroxylation is 2. The Morgan fingerprint density at radius 1 is 1.59 bits per heavy atom. The summed E-state index contributed by atoms with van der Waals surface area (Å²) in [7, 11) is 1.95. The molecule has 0 N–H and O–H groups in total. The van der Waals surface area contributed by atoms with Gasteiger partial charge in [0.1, 0.15) is 6.20 Å². The molecular weight excluding hydrogens is 240 g/mol. The highest BCUT2D eigenvalue weighted by molar-refractivity contribution is 6.18. The molecule has 0 radical (unpaired) electrons. The highest BCUT2D eigenvalue weighted by atomic mass is 35.5. The highest BCUT2D eigenvalue weighted by Gasteiger charge is 2.12. The maximum atomic E-state index is 11.2. The Balaban J connectivity index is 2.47. The van der Waals surface area contributed by atoms with Crippen molar-refractivity contribution in [2.75, 3.05) is 5.88 Å². The Kier molecular flexibility index (Phi) is 6.05. The van der Waals surface area contributed by atoms with Crippen molar-refractivity contribution in [3.8, 4) is 0 Å². The summed E-state index contributed by atoms with van der Waals surface area (Å²) in [4.78, 5) is 11.2. The fourth-order valence-corrected chi connectivity index (χ4v) is 1.67. The van der Waals surface area contributed by atoms with Gasteiger partial charge in [-0.1, -0.05) is 13.3 Å². The molecule has 0 aliphatic heterocycles. The van der Waals surface area contributed by atoms with E-state index in [9.17, 15) is 4.79 Å². The molecular formula is C12H20ClN2O2+. The first kappa shape index (κ1) is 14.0. The van der Waals surface area contributed by atoms with Gasteiger partial charge in [-0.15, -0.1) is 11.6 Å². The lowest BCUT2D eigenvalue weighted by Crippen LogP contribution is -2.30. The molecule has 96 valence electrons. The highest BCUT2D eigenvalue weighted by Crippen LogP contribution is 2.00. The van der Waals surface area contributed by atoms with Crippen LogP contribution in [0.1, 0.15) is 31.9 Å². The molecule has 0 saturated heterocycles. The molecule has 0 spiro atoms. The molecule has 1 aromatic rings. The van der Waals surface area contributed by atoms with Crippen LogP contribution >= 0.6 is 11.6 Å². The van der Waals surface area contributed by atoms with Gasteiger partial charge in [0.15, 0.2) is 12.3 Å². The van der Waals surface area contributed by atoms with E-state index in [0.29, 0.717) is 12.5 Å². The maximum Gasteiger partial charge on any atom is 0.307 e. The monoisotopic (exact) mass is 259 g/mol. The number of unbranched alkanes of at least 4 members (excludes halogenated alkanes) is 1. The third-order valence-electron chi connectivity index (χ3n) is 2.54. The van der Waals surface area contributed by atoms with E-state index in [1.54, 1.807) is 0 Å². The second-order valence-corrected chi connectivity index (χ2v) is 4.42. The van der Waals surface area contributed by atoms with E-state index in [0.717, 1.165) is 18.7 Å². The lowest BCUT2D eigenvalue weighted by Gasteiger charge is -2.00. The van der Waals surface area contributed by atoms with Crippen LogP contribution in [0, 0.1) is 0 Å². The number of imidazole rings is 1. The van der Waals surface area contributed by atoms with Crippen LogP contribution < -0.4 is 4.57 Å². The van der Waals surface area contributed by atoms with Gasteiger partial charge in [-0.25, -0.2) is 9.13 Å². The van der Waals surface area contributed by atoms with Gasteiger partial charge in [0, 0.05) is 5.88 Å². The molecule has 0 saturated carbocycles. The molecule has 5 heteroatoms. The Morgan fingerprint density at radius 3 is 3.00 bits per heavy atom. The van der Waals surface area contributed by atoms with E-state index in [4.69, 9.17) is 16.3 Å². The largest absolute Gasteiger partial charge is 0.457 e. The van der Waals surface area contributed by atoms with Crippen LogP contribution in [0.5, 0.6) is 0 Å². The average Bonchev–Trinajstić information content (AvgIpc) is 2.65. The van der Waals surface area contributed by atoms with Gasteiger partial charge in [0.2, 0.25) is 6.33 Å². The lowest BCUT2D eigenvalue weighted by atomic mass is 10.3. The topological polar surface area (TPSA) is 35.1 Å². The van der Waals surface area contributed by atoms with Crippen LogP contribution in [0.15, 0.2) is 12.5 Å². The van der Waals surface area contributed by atoms with Crippen molar-refractivity contribution in [2.24, 2.45) is 7.05 Å². The fraction of sp³-hybridized carbons (Fsp3) is 0.667. The van der Waals surface area contributed by atoms with Gasteiger partial charge in [-0.3, -0.25) is 4.79 Å². The first-order chi connectivity index (χ1) is 8.17. The van der Waals surface area contributed by atoms with Crippen molar-refractivity contribution in [3.63, 3.8) is 0 Å². The molecule has 0 unspecified atom stereocenters. The van der Waals surface area contributed by atoms with Gasteiger partial charge in [0.05, 0.1) is 20.0 Å². The van der Waals surface area contributed by atoms with Gasteiger partial charge < -0.3 is 4.74 Å². The van der Waals surface area contributed by atoms with Crippen LogP contribution in [0.4, 0.5) is 0 Å². The number of carbonyl (C=O) groups excluding carboxylic acids is 1. The molecule has 17 heavy (non-hydrogen) atoms. The standard InChI is InChI=1S/C12H20ClN2O2/c1-3-4-7-15-8-11(14(2)10-15)9-17-12(16)5-6-13/h8,10H,3-7,9H2,1-2H3/q+1. The van der Waals surface area contributed by atoms with Gasteiger partial charge in [-0.05, 0) is 6.42 Å². The van der Waals surface area contributed by atoms with E-state index in [2.05, 4.69) is 11.5 Å². The minimum absolute atomic E-state index is 0.249. The van der Waals surface area contributed by atoms with Crippen LogP contribution in [0.3, 0.4) is 0 Å². The van der Waals surface area contributed by atoms with Crippen molar-refractivity contribution >= 4 is 17.6 Å². The number of esters is 1. The van der Waals surface area contributed by atoms with Gasteiger partial charge in [0.25, 0.3) is 0 Å². The third-order valence-corrected chi connectivity index (χ3v) is 2.73. The molecule has 0 aromatic carbocycles. The molecule has 0 aliphatic rings. The maximum absolute atomic E-state index is 11.2. The molecule has 0 atom stereocenters. The fourth-order valence-electron chi connectivity index (χ4n) is 1.52. The predicted molar refractivity (Wildman–Crippen MR) is 65.6 cm³/mol. The summed E-state index contributed by atoms with van der Waals surface area (Å²) in [5, 5.41) is 0. The second-order valence-electron chi connectivity index (χ2n) is 4.04. The lowest BCUT2D eigenvalue weighted by molar-refractivity contribution is -0.697. The third kappa shape index (κ3) is 4.77. The summed E-state index contributed by atoms with van der Waals surface area (Å²) < 4.78 is 9.20. The SMILES string of the molecule is CCCC[n+]1cc(COC(=O)CCCl)n(C)c1. The minimum Gasteiger partial charge on any atom is -0.457 e. The van der Waals surface area contributed by atoms with Crippen molar-refractivity contribution in [2.45, 2.75) is 39.3 Å². The minimum atomic E-state index is -0.249. The molecule has 0 amide bonds. The molecule has 1 heterocycles.